The highest BCUT2D eigenvalue weighted by molar-refractivity contribution is 5.99. The van der Waals surface area contributed by atoms with Gasteiger partial charge in [-0.1, -0.05) is 11.6 Å². The molecule has 0 saturated carbocycles. The van der Waals surface area contributed by atoms with E-state index in [0.29, 0.717) is 5.39 Å². The number of fused-ring (bicyclic) bond motifs is 1. The Balaban J connectivity index is 1.90. The van der Waals surface area contributed by atoms with Gasteiger partial charge in [0.1, 0.15) is 0 Å². The van der Waals surface area contributed by atoms with Crippen molar-refractivity contribution in [2.75, 3.05) is 25.0 Å². The van der Waals surface area contributed by atoms with Crippen molar-refractivity contribution >= 4 is 22.1 Å². The largest absolute Gasteiger partial charge is 0.381 e. The van der Waals surface area contributed by atoms with Gasteiger partial charge in [0.15, 0.2) is 0 Å². The van der Waals surface area contributed by atoms with Crippen LogP contribution >= 0.6 is 0 Å². The Morgan fingerprint density at radius 2 is 2.24 bits per heavy atom. The topological polar surface area (TPSA) is 80.1 Å². The lowest BCUT2D eigenvalue weighted by atomic mass is 10.1. The third-order valence-electron chi connectivity index (χ3n) is 3.66. The second-order valence-corrected chi connectivity index (χ2v) is 4.98. The van der Waals surface area contributed by atoms with E-state index in [2.05, 4.69) is 21.7 Å². The summed E-state index contributed by atoms with van der Waals surface area (Å²) in [5.41, 5.74) is 2.34. The molecule has 21 heavy (non-hydrogen) atoms. The molecule has 1 aliphatic heterocycles. The van der Waals surface area contributed by atoms with Crippen molar-refractivity contribution in [3.8, 4) is 0 Å². The van der Waals surface area contributed by atoms with E-state index in [0.717, 1.165) is 37.1 Å². The van der Waals surface area contributed by atoms with Gasteiger partial charge in [-0.2, -0.15) is 0 Å². The molecule has 2 N–H and O–H groups in total. The summed E-state index contributed by atoms with van der Waals surface area (Å²) in [5, 5.41) is 19.1. The van der Waals surface area contributed by atoms with Crippen LogP contribution in [0.3, 0.4) is 0 Å². The van der Waals surface area contributed by atoms with Crippen molar-refractivity contribution in [1.82, 2.24) is 10.3 Å². The number of nitrogens with one attached hydrogen (secondary N) is 2. The fourth-order valence-corrected chi connectivity index (χ4v) is 2.53. The van der Waals surface area contributed by atoms with Crippen LogP contribution < -0.4 is 10.6 Å². The van der Waals surface area contributed by atoms with Gasteiger partial charge in [-0.15, -0.1) is 0 Å². The molecule has 0 aliphatic carbocycles. The molecule has 1 aromatic carbocycles. The average molecular weight is 284 g/mol. The first-order valence-corrected chi connectivity index (χ1v) is 6.89. The third-order valence-corrected chi connectivity index (χ3v) is 3.66. The Bertz CT molecular complexity index is 712. The van der Waals surface area contributed by atoms with E-state index in [9.17, 15) is 10.1 Å². The van der Waals surface area contributed by atoms with Gasteiger partial charge in [0.25, 0.3) is 5.69 Å². The lowest BCUT2D eigenvalue weighted by Gasteiger charge is -2.16. The van der Waals surface area contributed by atoms with Crippen molar-refractivity contribution < 1.29 is 4.92 Å². The predicted molar refractivity (Wildman–Crippen MR) is 82.5 cm³/mol. The van der Waals surface area contributed by atoms with Crippen LogP contribution in [0, 0.1) is 10.1 Å². The molecule has 108 valence electrons. The summed E-state index contributed by atoms with van der Waals surface area (Å²) in [6.45, 7) is 2.66. The Labute approximate surface area is 122 Å². The summed E-state index contributed by atoms with van der Waals surface area (Å²) in [6.07, 6.45) is 6.41. The maximum Gasteiger partial charge on any atom is 0.278 e. The highest BCUT2D eigenvalue weighted by Crippen LogP contribution is 2.30. The number of non-ortho nitro benzene ring substituents is 1. The average Bonchev–Trinajstić information content (AvgIpc) is 2.53. The normalized spacial score (nSPS) is 14.8. The van der Waals surface area contributed by atoms with Gasteiger partial charge in [0, 0.05) is 42.6 Å². The molecule has 0 unspecified atom stereocenters. The molecule has 3 rings (SSSR count). The smallest absolute Gasteiger partial charge is 0.278 e. The van der Waals surface area contributed by atoms with Crippen LogP contribution in [0.15, 0.2) is 42.2 Å². The zero-order chi connectivity index (χ0) is 14.7. The van der Waals surface area contributed by atoms with E-state index in [1.54, 1.807) is 18.5 Å². The number of hydrogen-bond acceptors (Lipinski definition) is 5. The first-order chi connectivity index (χ1) is 10.3. The second kappa shape index (κ2) is 5.88. The van der Waals surface area contributed by atoms with Gasteiger partial charge in [-0.25, -0.2) is 0 Å². The van der Waals surface area contributed by atoms with Crippen LogP contribution in [-0.2, 0) is 0 Å². The van der Waals surface area contributed by atoms with Gasteiger partial charge >= 0.3 is 0 Å². The number of benzene rings is 1. The van der Waals surface area contributed by atoms with Crippen LogP contribution in [0.25, 0.3) is 10.8 Å². The highest BCUT2D eigenvalue weighted by atomic mass is 16.6. The molecule has 0 saturated heterocycles. The zero-order valence-electron chi connectivity index (χ0n) is 11.5. The third kappa shape index (κ3) is 2.85. The van der Waals surface area contributed by atoms with Crippen molar-refractivity contribution in [2.45, 2.75) is 6.42 Å². The maximum atomic E-state index is 11.1. The monoisotopic (exact) mass is 284 g/mol. The van der Waals surface area contributed by atoms with E-state index >= 15 is 0 Å². The molecule has 2 heterocycles. The first kappa shape index (κ1) is 13.5. The molecule has 1 aromatic heterocycles. The summed E-state index contributed by atoms with van der Waals surface area (Å²) < 4.78 is 0. The van der Waals surface area contributed by atoms with Gasteiger partial charge in [0.2, 0.25) is 0 Å². The lowest BCUT2D eigenvalue weighted by Crippen LogP contribution is -2.23. The van der Waals surface area contributed by atoms with Crippen molar-refractivity contribution in [3.63, 3.8) is 0 Å². The van der Waals surface area contributed by atoms with E-state index in [1.807, 2.05) is 6.07 Å². The van der Waals surface area contributed by atoms with Gasteiger partial charge in [-0.3, -0.25) is 15.1 Å². The maximum absolute atomic E-state index is 11.1. The molecule has 0 spiro atoms. The summed E-state index contributed by atoms with van der Waals surface area (Å²) >= 11 is 0. The summed E-state index contributed by atoms with van der Waals surface area (Å²) in [4.78, 5) is 14.7. The van der Waals surface area contributed by atoms with Crippen LogP contribution in [0.1, 0.15) is 6.42 Å². The van der Waals surface area contributed by atoms with Crippen LogP contribution in [0.5, 0.6) is 0 Å². The minimum absolute atomic E-state index is 0.0877. The van der Waals surface area contributed by atoms with Gasteiger partial charge in [0.05, 0.1) is 10.3 Å². The molecular formula is C15H16N4O2. The molecule has 0 amide bonds. The van der Waals surface area contributed by atoms with Crippen LogP contribution in [0.2, 0.25) is 0 Å². The molecular weight excluding hydrogens is 268 g/mol. The number of nitro groups is 1. The molecule has 0 atom stereocenters. The van der Waals surface area contributed by atoms with E-state index in [-0.39, 0.29) is 10.6 Å². The van der Waals surface area contributed by atoms with Crippen molar-refractivity contribution in [3.05, 3.63) is 52.4 Å². The van der Waals surface area contributed by atoms with E-state index in [1.165, 1.54) is 11.6 Å². The number of aromatic nitrogens is 1. The SMILES string of the molecule is O=[N+]([O-])c1ccc(NCC2=CCNCC2)c2ccncc12. The number of nitrogens with zero attached hydrogens (tertiary/aromatic N) is 2. The first-order valence-electron chi connectivity index (χ1n) is 6.89. The van der Waals surface area contributed by atoms with E-state index < -0.39 is 0 Å². The number of anilines is 1. The predicted octanol–water partition coefficient (Wildman–Crippen LogP) is 2.47. The Hall–Kier alpha value is -2.47. The quantitative estimate of drug-likeness (QED) is 0.512. The second-order valence-electron chi connectivity index (χ2n) is 4.98. The number of hydrogen-bond donors (Lipinski definition) is 2. The van der Waals surface area contributed by atoms with Gasteiger partial charge < -0.3 is 10.6 Å². The molecule has 6 heteroatoms. The van der Waals surface area contributed by atoms with Gasteiger partial charge in [-0.05, 0) is 25.1 Å². The minimum atomic E-state index is -0.372. The molecule has 1 aliphatic rings. The molecule has 6 nitrogen and oxygen atoms in total. The molecule has 0 bridgehead atoms. The van der Waals surface area contributed by atoms with Crippen molar-refractivity contribution in [2.24, 2.45) is 0 Å². The minimum Gasteiger partial charge on any atom is -0.381 e. The zero-order valence-corrected chi connectivity index (χ0v) is 11.5. The highest BCUT2D eigenvalue weighted by Gasteiger charge is 2.14. The Morgan fingerprint density at radius 1 is 1.33 bits per heavy atom. The summed E-state index contributed by atoms with van der Waals surface area (Å²) in [5.74, 6) is 0. The molecule has 0 fully saturated rings. The van der Waals surface area contributed by atoms with E-state index in [4.69, 9.17) is 0 Å². The fourth-order valence-electron chi connectivity index (χ4n) is 2.53. The summed E-state index contributed by atoms with van der Waals surface area (Å²) in [6, 6.07) is 5.10. The molecule has 0 radical (unpaired) electrons. The number of pyridine rings is 1. The van der Waals surface area contributed by atoms with Crippen LogP contribution in [0.4, 0.5) is 11.4 Å². The Morgan fingerprint density at radius 3 is 3.00 bits per heavy atom. The molecule has 2 aromatic rings. The van der Waals surface area contributed by atoms with Crippen molar-refractivity contribution in [1.29, 1.82) is 0 Å². The standard InChI is InChI=1S/C15H16N4O2/c20-19(21)15-2-1-14(12-5-8-17-10-13(12)15)18-9-11-3-6-16-7-4-11/h1-3,5,8,10,16,18H,4,6-7,9H2. The Kier molecular flexibility index (Phi) is 3.79. The fraction of sp³-hybridized carbons (Fsp3) is 0.267. The number of nitro benzene ring substituents is 1. The van der Waals surface area contributed by atoms with Crippen LogP contribution in [-0.4, -0.2) is 29.5 Å². The summed E-state index contributed by atoms with van der Waals surface area (Å²) in [7, 11) is 0. The lowest BCUT2D eigenvalue weighted by molar-refractivity contribution is -0.383. The number of rotatable bonds is 4.